The first kappa shape index (κ1) is 33.8. The van der Waals surface area contributed by atoms with Gasteiger partial charge >= 0.3 is 23.9 Å². The Labute approximate surface area is 279 Å². The zero-order valence-electron chi connectivity index (χ0n) is 26.7. The van der Waals surface area contributed by atoms with E-state index in [9.17, 15) is 19.2 Å². The monoisotopic (exact) mass is 662 g/mol. The van der Waals surface area contributed by atoms with E-state index in [0.717, 1.165) is 0 Å². The van der Waals surface area contributed by atoms with Crippen LogP contribution >= 0.6 is 0 Å². The van der Waals surface area contributed by atoms with Crippen molar-refractivity contribution in [3.8, 4) is 11.5 Å². The maximum absolute atomic E-state index is 13.8. The third-order valence-electron chi connectivity index (χ3n) is 7.17. The fourth-order valence-corrected chi connectivity index (χ4v) is 5.36. The summed E-state index contributed by atoms with van der Waals surface area (Å²) in [6, 6.07) is 32.8. The van der Waals surface area contributed by atoms with Crippen molar-refractivity contribution in [1.82, 2.24) is 0 Å². The number of carbonyl (C=O) groups is 4. The second-order valence-electron chi connectivity index (χ2n) is 12.0. The van der Waals surface area contributed by atoms with Crippen LogP contribution in [0.1, 0.15) is 41.4 Å². The molecule has 244 valence electrons. The molecule has 0 saturated carbocycles. The van der Waals surface area contributed by atoms with Crippen LogP contribution in [0, 0.1) is 11.5 Å². The molecule has 9 nitrogen and oxygen atoms in total. The van der Waals surface area contributed by atoms with Gasteiger partial charge in [0, 0.05) is 0 Å². The van der Waals surface area contributed by atoms with Crippen LogP contribution in [-0.2, 0) is 23.7 Å². The maximum Gasteiger partial charge on any atom is 0.340 e. The van der Waals surface area contributed by atoms with Crippen molar-refractivity contribution in [2.75, 3.05) is 6.61 Å². The lowest BCUT2D eigenvalue weighted by atomic mass is 9.94. The first-order chi connectivity index (χ1) is 23.1. The van der Waals surface area contributed by atoms with E-state index in [2.05, 4.69) is 11.5 Å². The summed E-state index contributed by atoms with van der Waals surface area (Å²) in [6.07, 6.45) is -4.49. The van der Waals surface area contributed by atoms with Crippen molar-refractivity contribution in [2.45, 2.75) is 43.7 Å². The third kappa shape index (κ3) is 8.25. The Balaban J connectivity index is 1.62. The van der Waals surface area contributed by atoms with Gasteiger partial charge < -0.3 is 23.7 Å². The highest BCUT2D eigenvalue weighted by Gasteiger charge is 2.64. The Kier molecular flexibility index (Phi) is 10.5. The molecule has 1 unspecified atom stereocenters. The molecule has 0 aliphatic carbocycles. The zero-order chi connectivity index (χ0) is 34.1. The van der Waals surface area contributed by atoms with Crippen LogP contribution in [-0.4, -0.2) is 62.7 Å². The molecule has 4 atom stereocenters. The molecule has 4 aromatic carbocycles. The molecule has 1 heterocycles. The van der Waals surface area contributed by atoms with Crippen molar-refractivity contribution in [2.24, 2.45) is 0 Å². The number of esters is 4. The second kappa shape index (κ2) is 14.9. The first-order valence-corrected chi connectivity index (χ1v) is 18.8. The summed E-state index contributed by atoms with van der Waals surface area (Å²) >= 11 is 0. The average molecular weight is 663 g/mol. The normalized spacial score (nSPS) is 20.0. The van der Waals surface area contributed by atoms with Crippen LogP contribution in [0.2, 0.25) is 19.6 Å². The van der Waals surface area contributed by atoms with Crippen LogP contribution in [0.5, 0.6) is 0 Å². The van der Waals surface area contributed by atoms with Crippen LogP contribution < -0.4 is 0 Å². The average Bonchev–Trinajstić information content (AvgIpc) is 3.38. The molecule has 0 N–H and O–H groups in total. The predicted molar refractivity (Wildman–Crippen MR) is 179 cm³/mol. The molecule has 1 fully saturated rings. The largest absolute Gasteiger partial charge is 0.459 e. The summed E-state index contributed by atoms with van der Waals surface area (Å²) in [4.78, 5) is 53.9. The smallest absolute Gasteiger partial charge is 0.340 e. The topological polar surface area (TPSA) is 114 Å². The molecule has 1 aliphatic heterocycles. The SMILES string of the molecule is C[Si](C)(C)C#CC1(OC(=O)c2ccccc2)[C@H](OC(=O)c2ccccc2)O[C@H](COC(=O)c2ccccc2)[C@@H]1OC(=O)c1ccccc1. The fourth-order valence-electron chi connectivity index (χ4n) is 4.79. The van der Waals surface area contributed by atoms with Gasteiger partial charge in [0.2, 0.25) is 0 Å². The Morgan fingerprint density at radius 3 is 1.50 bits per heavy atom. The van der Waals surface area contributed by atoms with Crippen LogP contribution in [0.3, 0.4) is 0 Å². The van der Waals surface area contributed by atoms with Gasteiger partial charge in [-0.15, -0.1) is 5.54 Å². The summed E-state index contributed by atoms with van der Waals surface area (Å²) < 4.78 is 30.0. The molecule has 0 radical (unpaired) electrons. The van der Waals surface area contributed by atoms with Crippen molar-refractivity contribution >= 4 is 32.0 Å². The van der Waals surface area contributed by atoms with E-state index in [-0.39, 0.29) is 22.3 Å². The van der Waals surface area contributed by atoms with Crippen molar-refractivity contribution in [3.05, 3.63) is 144 Å². The number of ether oxygens (including phenoxy) is 5. The van der Waals surface area contributed by atoms with Gasteiger partial charge in [-0.25, -0.2) is 19.2 Å². The zero-order valence-corrected chi connectivity index (χ0v) is 27.7. The van der Waals surface area contributed by atoms with Crippen LogP contribution in [0.25, 0.3) is 0 Å². The molecule has 0 spiro atoms. The van der Waals surface area contributed by atoms with Gasteiger partial charge in [-0.05, 0) is 48.5 Å². The Bertz CT molecular complexity index is 1800. The van der Waals surface area contributed by atoms with Crippen LogP contribution in [0.15, 0.2) is 121 Å². The Morgan fingerprint density at radius 2 is 1.04 bits per heavy atom. The molecule has 1 aliphatic rings. The molecule has 0 bridgehead atoms. The molecule has 10 heteroatoms. The van der Waals surface area contributed by atoms with E-state index in [4.69, 9.17) is 23.7 Å². The molecular formula is C38H34O9Si. The Hall–Kier alpha value is -5.50. The number of rotatable bonds is 9. The standard InChI is InChI=1S/C38H34O9Si/c1-48(2,3)25-24-38(47-36(42)30-22-14-7-15-23-30)32(45-34(40)28-18-10-5-11-19-28)31(26-43-33(39)27-16-8-4-9-17-27)44-37(38)46-35(41)29-20-12-6-13-21-29/h4-23,31-32,37H,26H2,1-3H3/t31-,32+,37+,38?/m1/s1. The summed E-state index contributed by atoms with van der Waals surface area (Å²) in [5.41, 5.74) is 1.87. The summed E-state index contributed by atoms with van der Waals surface area (Å²) in [6.45, 7) is 5.45. The third-order valence-corrected chi connectivity index (χ3v) is 8.04. The van der Waals surface area contributed by atoms with Gasteiger partial charge in [-0.3, -0.25) is 0 Å². The van der Waals surface area contributed by atoms with E-state index in [1.54, 1.807) is 121 Å². The van der Waals surface area contributed by atoms with Crippen molar-refractivity contribution < 1.29 is 42.9 Å². The van der Waals surface area contributed by atoms with Gasteiger partial charge in [0.1, 0.15) is 20.8 Å². The quantitative estimate of drug-likeness (QED) is 0.0904. The second-order valence-corrected chi connectivity index (χ2v) is 16.7. The molecule has 1 saturated heterocycles. The van der Waals surface area contributed by atoms with Gasteiger partial charge in [0.25, 0.3) is 11.9 Å². The minimum absolute atomic E-state index is 0.173. The molecule has 5 rings (SSSR count). The molecule has 0 amide bonds. The number of benzene rings is 4. The fraction of sp³-hybridized carbons (Fsp3) is 0.211. The van der Waals surface area contributed by atoms with Crippen molar-refractivity contribution in [1.29, 1.82) is 0 Å². The lowest BCUT2D eigenvalue weighted by molar-refractivity contribution is -0.161. The Morgan fingerprint density at radius 1 is 0.625 bits per heavy atom. The van der Waals surface area contributed by atoms with E-state index in [1.165, 1.54) is 0 Å². The first-order valence-electron chi connectivity index (χ1n) is 15.3. The maximum atomic E-state index is 13.8. The van der Waals surface area contributed by atoms with Gasteiger partial charge in [-0.1, -0.05) is 98.4 Å². The molecule has 4 aromatic rings. The lowest BCUT2D eigenvalue weighted by Gasteiger charge is -2.33. The molecule has 48 heavy (non-hydrogen) atoms. The van der Waals surface area contributed by atoms with Gasteiger partial charge in [0.05, 0.1) is 22.3 Å². The molecular weight excluding hydrogens is 628 g/mol. The number of carbonyl (C=O) groups excluding carboxylic acids is 4. The predicted octanol–water partition coefficient (Wildman–Crippen LogP) is 6.13. The summed E-state index contributed by atoms with van der Waals surface area (Å²) in [5.74, 6) is -0.0322. The van der Waals surface area contributed by atoms with Crippen LogP contribution in [0.4, 0.5) is 0 Å². The highest BCUT2D eigenvalue weighted by atomic mass is 28.3. The van der Waals surface area contributed by atoms with E-state index < -0.39 is 62.7 Å². The van der Waals surface area contributed by atoms with Gasteiger partial charge in [0.15, 0.2) is 6.10 Å². The lowest BCUT2D eigenvalue weighted by Crippen LogP contribution is -2.54. The molecule has 0 aromatic heterocycles. The highest BCUT2D eigenvalue weighted by Crippen LogP contribution is 2.39. The van der Waals surface area contributed by atoms with Gasteiger partial charge in [-0.2, -0.15) is 0 Å². The van der Waals surface area contributed by atoms with E-state index >= 15 is 0 Å². The summed E-state index contributed by atoms with van der Waals surface area (Å²) in [5, 5.41) is 0. The van der Waals surface area contributed by atoms with Crippen molar-refractivity contribution in [3.63, 3.8) is 0 Å². The number of hydrogen-bond donors (Lipinski definition) is 0. The summed E-state index contributed by atoms with van der Waals surface area (Å²) in [7, 11) is -2.25. The highest BCUT2D eigenvalue weighted by molar-refractivity contribution is 6.83. The van der Waals surface area contributed by atoms with E-state index in [1.807, 2.05) is 19.6 Å². The minimum atomic E-state index is -2.25. The minimum Gasteiger partial charge on any atom is -0.459 e. The van der Waals surface area contributed by atoms with E-state index in [0.29, 0.717) is 0 Å². The number of hydrogen-bond acceptors (Lipinski definition) is 9.